The number of nitrogens with zero attached hydrogens (tertiary/aromatic N) is 1. The van der Waals surface area contributed by atoms with Crippen molar-refractivity contribution < 1.29 is 33.8 Å². The molecule has 11 heteroatoms. The quantitative estimate of drug-likeness (QED) is 0.144. The van der Waals surface area contributed by atoms with Gasteiger partial charge in [0.1, 0.15) is 16.6 Å². The van der Waals surface area contributed by atoms with Gasteiger partial charge in [0.05, 0.1) is 5.41 Å². The fourth-order valence-electron chi connectivity index (χ4n) is 4.78. The fraction of sp³-hybridized carbons (Fsp3) is 0.359. The summed E-state index contributed by atoms with van der Waals surface area (Å²) in [5, 5.41) is 19.7. The van der Waals surface area contributed by atoms with Crippen molar-refractivity contribution in [2.45, 2.75) is 77.4 Å². The van der Waals surface area contributed by atoms with E-state index in [1.165, 1.54) is 0 Å². The molecule has 266 valence electrons. The van der Waals surface area contributed by atoms with Crippen molar-refractivity contribution in [2.75, 3.05) is 18.4 Å². The van der Waals surface area contributed by atoms with E-state index in [1.54, 1.807) is 92.0 Å². The number of fused-ring (bicyclic) bond motifs is 1. The first kappa shape index (κ1) is 39.0. The summed E-state index contributed by atoms with van der Waals surface area (Å²) in [6, 6.07) is 25.7. The van der Waals surface area contributed by atoms with Gasteiger partial charge in [0.25, 0.3) is 0 Å². The van der Waals surface area contributed by atoms with Crippen molar-refractivity contribution >= 4 is 40.5 Å². The summed E-state index contributed by atoms with van der Waals surface area (Å²) in [4.78, 5) is 52.8. The molecule has 1 heterocycles. The van der Waals surface area contributed by atoms with Crippen LogP contribution >= 0.6 is 0 Å². The zero-order valence-corrected chi connectivity index (χ0v) is 30.0. The Balaban J connectivity index is 0.000000295. The molecular weight excluding hydrogens is 636 g/mol. The number of nitrogens with one attached hydrogen (secondary N) is 3. The summed E-state index contributed by atoms with van der Waals surface area (Å²) in [5.74, 6) is -1.22. The summed E-state index contributed by atoms with van der Waals surface area (Å²) in [7, 11) is 0. The Morgan fingerprint density at radius 1 is 0.640 bits per heavy atom. The lowest BCUT2D eigenvalue weighted by atomic mass is 9.81. The lowest BCUT2D eigenvalue weighted by Crippen LogP contribution is -2.48. The Kier molecular flexibility index (Phi) is 12.7. The van der Waals surface area contributed by atoms with E-state index in [1.807, 2.05) is 60.7 Å². The number of carbonyl (C=O) groups excluding carboxylic acids is 3. The smallest absolute Gasteiger partial charge is 0.407 e. The van der Waals surface area contributed by atoms with Crippen molar-refractivity contribution in [3.05, 3.63) is 108 Å². The average Bonchev–Trinajstić information content (AvgIpc) is 3.05. The maximum atomic E-state index is 13.4. The van der Waals surface area contributed by atoms with Crippen LogP contribution in [0.1, 0.15) is 66.5 Å². The van der Waals surface area contributed by atoms with E-state index in [2.05, 4.69) is 20.9 Å². The number of amides is 3. The molecule has 0 saturated heterocycles. The average molecular weight is 685 g/mol. The predicted octanol–water partition coefficient (Wildman–Crippen LogP) is 7.21. The van der Waals surface area contributed by atoms with E-state index >= 15 is 0 Å². The van der Waals surface area contributed by atoms with Crippen molar-refractivity contribution in [1.29, 1.82) is 0 Å². The summed E-state index contributed by atoms with van der Waals surface area (Å²) < 4.78 is 10.4. The molecule has 0 aliphatic heterocycles. The van der Waals surface area contributed by atoms with Gasteiger partial charge in [-0.25, -0.2) is 9.59 Å². The molecule has 2 atom stereocenters. The van der Waals surface area contributed by atoms with Crippen molar-refractivity contribution in [2.24, 2.45) is 0 Å². The molecular formula is C39H48N4O7. The van der Waals surface area contributed by atoms with Crippen molar-refractivity contribution in [1.82, 2.24) is 15.6 Å². The number of hydrogen-bond acceptors (Lipinski definition) is 7. The number of benzene rings is 3. The van der Waals surface area contributed by atoms with Crippen LogP contribution in [0, 0.1) is 0 Å². The molecule has 4 rings (SSSR count). The molecule has 0 radical (unpaired) electrons. The fourth-order valence-corrected chi connectivity index (χ4v) is 4.78. The van der Waals surface area contributed by atoms with Gasteiger partial charge in [-0.15, -0.1) is 0 Å². The van der Waals surface area contributed by atoms with Crippen LogP contribution in [0.3, 0.4) is 0 Å². The zero-order valence-electron chi connectivity index (χ0n) is 30.0. The van der Waals surface area contributed by atoms with Crippen LogP contribution in [0.25, 0.3) is 10.8 Å². The minimum Gasteiger partial charge on any atom is -0.481 e. The van der Waals surface area contributed by atoms with Gasteiger partial charge in [0, 0.05) is 36.6 Å². The Bertz CT molecular complexity index is 1770. The highest BCUT2D eigenvalue weighted by Gasteiger charge is 2.37. The van der Waals surface area contributed by atoms with Crippen LogP contribution < -0.4 is 16.0 Å². The summed E-state index contributed by atoms with van der Waals surface area (Å²) in [5.41, 5.74) is -1.32. The first-order valence-electron chi connectivity index (χ1n) is 16.3. The molecule has 0 aliphatic carbocycles. The molecule has 0 spiro atoms. The minimum absolute atomic E-state index is 0.0404. The Labute approximate surface area is 293 Å². The van der Waals surface area contributed by atoms with Gasteiger partial charge in [0.2, 0.25) is 5.91 Å². The Morgan fingerprint density at radius 3 is 1.60 bits per heavy atom. The van der Waals surface area contributed by atoms with Gasteiger partial charge in [-0.3, -0.25) is 14.6 Å². The van der Waals surface area contributed by atoms with E-state index < -0.39 is 40.2 Å². The molecule has 3 amide bonds. The second kappa shape index (κ2) is 16.3. The van der Waals surface area contributed by atoms with Crippen LogP contribution in [0.15, 0.2) is 97.3 Å². The van der Waals surface area contributed by atoms with Crippen LogP contribution in [0.5, 0.6) is 0 Å². The Morgan fingerprint density at radius 2 is 1.12 bits per heavy atom. The number of aromatic nitrogens is 1. The lowest BCUT2D eigenvalue weighted by Gasteiger charge is -2.30. The standard InChI is InChI=1S/C24H27N3O3.C15H21NO4/c1-23(2,3)30-22(29)26-16-24(4,19-8-6-5-7-9-19)21(28)27-20-11-10-18-15-25-13-12-17(18)14-20;1-14(2,3)20-13(19)16-10-15(4,12(17)18)11-8-6-5-7-9-11/h5-15H,16H2,1-4H3,(H,26,29)(H,27,28);5-9H,10H2,1-4H3,(H,16,19)(H,17,18). The molecule has 2 unspecified atom stereocenters. The monoisotopic (exact) mass is 684 g/mol. The number of rotatable bonds is 9. The summed E-state index contributed by atoms with van der Waals surface area (Å²) >= 11 is 0. The number of anilines is 1. The van der Waals surface area contributed by atoms with E-state index in [9.17, 15) is 24.3 Å². The number of aliphatic carboxylic acids is 1. The van der Waals surface area contributed by atoms with Gasteiger partial charge in [-0.05, 0) is 90.1 Å². The van der Waals surface area contributed by atoms with Crippen LogP contribution in [-0.2, 0) is 29.9 Å². The highest BCUT2D eigenvalue weighted by molar-refractivity contribution is 6.01. The minimum atomic E-state index is -1.20. The highest BCUT2D eigenvalue weighted by atomic mass is 16.6. The van der Waals surface area contributed by atoms with Gasteiger partial charge in [0.15, 0.2) is 0 Å². The molecule has 11 nitrogen and oxygen atoms in total. The SMILES string of the molecule is CC(C)(C)OC(=O)NCC(C)(C(=O)Nc1ccc2cnccc2c1)c1ccccc1.CC(C)(C)OC(=O)NCC(C)(C(=O)O)c1ccccc1. The highest BCUT2D eigenvalue weighted by Crippen LogP contribution is 2.27. The van der Waals surface area contributed by atoms with E-state index in [-0.39, 0.29) is 19.0 Å². The van der Waals surface area contributed by atoms with E-state index in [0.717, 1.165) is 16.3 Å². The van der Waals surface area contributed by atoms with Crippen LogP contribution in [0.2, 0.25) is 0 Å². The number of ether oxygens (including phenoxy) is 2. The molecule has 3 aromatic carbocycles. The number of carboxylic acid groups (broad SMARTS) is 1. The zero-order chi connectivity index (χ0) is 37.2. The lowest BCUT2D eigenvalue weighted by molar-refractivity contribution is -0.143. The van der Waals surface area contributed by atoms with Gasteiger partial charge >= 0.3 is 18.2 Å². The molecule has 0 saturated carbocycles. The largest absolute Gasteiger partial charge is 0.481 e. The normalized spacial score (nSPS) is 13.7. The second-order valence-electron chi connectivity index (χ2n) is 14.3. The topological polar surface area (TPSA) is 156 Å². The number of pyridine rings is 1. The second-order valence-corrected chi connectivity index (χ2v) is 14.3. The third-order valence-corrected chi connectivity index (χ3v) is 7.66. The number of carbonyl (C=O) groups is 4. The molecule has 1 aromatic heterocycles. The van der Waals surface area contributed by atoms with Gasteiger partial charge in [-0.1, -0.05) is 66.7 Å². The molecule has 4 N–H and O–H groups in total. The van der Waals surface area contributed by atoms with Crippen molar-refractivity contribution in [3.8, 4) is 0 Å². The van der Waals surface area contributed by atoms with Crippen LogP contribution in [-0.4, -0.2) is 58.4 Å². The summed E-state index contributed by atoms with van der Waals surface area (Å²) in [6.45, 7) is 14.1. The first-order chi connectivity index (χ1) is 23.3. The summed E-state index contributed by atoms with van der Waals surface area (Å²) in [6.07, 6.45) is 2.31. The van der Waals surface area contributed by atoms with E-state index in [4.69, 9.17) is 9.47 Å². The molecule has 0 fully saturated rings. The molecule has 4 aromatic rings. The third-order valence-electron chi connectivity index (χ3n) is 7.66. The number of carboxylic acids is 1. The predicted molar refractivity (Wildman–Crippen MR) is 194 cm³/mol. The van der Waals surface area contributed by atoms with E-state index in [0.29, 0.717) is 11.3 Å². The number of alkyl carbamates (subject to hydrolysis) is 2. The van der Waals surface area contributed by atoms with Crippen LogP contribution in [0.4, 0.5) is 15.3 Å². The van der Waals surface area contributed by atoms with Crippen molar-refractivity contribution in [3.63, 3.8) is 0 Å². The molecule has 50 heavy (non-hydrogen) atoms. The molecule has 0 aliphatic rings. The maximum Gasteiger partial charge on any atom is 0.407 e. The number of hydrogen-bond donors (Lipinski definition) is 4. The van der Waals surface area contributed by atoms with Gasteiger partial charge < -0.3 is 30.5 Å². The van der Waals surface area contributed by atoms with Gasteiger partial charge in [-0.2, -0.15) is 0 Å². The first-order valence-corrected chi connectivity index (χ1v) is 16.3. The third kappa shape index (κ3) is 11.3. The molecule has 0 bridgehead atoms. The Hall–Kier alpha value is -5.45. The maximum absolute atomic E-state index is 13.4.